The van der Waals surface area contributed by atoms with E-state index in [0.717, 1.165) is 188 Å². The predicted octanol–water partition coefficient (Wildman–Crippen LogP) is 34.6. The molecule has 21 aromatic carbocycles. The Morgan fingerprint density at radius 2 is 0.457 bits per heavy atom. The fourth-order valence-corrected chi connectivity index (χ4v) is 21.9. The molecule has 0 aliphatic carbocycles. The Morgan fingerprint density at radius 1 is 0.174 bits per heavy atom. The highest BCUT2D eigenvalue weighted by atomic mass is 16.3. The van der Waals surface area contributed by atoms with Gasteiger partial charge in [-0.3, -0.25) is 13.7 Å². The summed E-state index contributed by atoms with van der Waals surface area (Å²) in [7, 11) is 0. The smallest absolute Gasteiger partial charge is 0.235 e. The van der Waals surface area contributed by atoms with Gasteiger partial charge < -0.3 is 13.3 Å². The summed E-state index contributed by atoms with van der Waals surface area (Å²) in [6.07, 6.45) is 0. The lowest BCUT2D eigenvalue weighted by Crippen LogP contribution is -2.03. The van der Waals surface area contributed by atoms with Crippen molar-refractivity contribution in [1.82, 2.24) is 33.6 Å². The van der Waals surface area contributed by atoms with E-state index in [0.29, 0.717) is 5.95 Å². The van der Waals surface area contributed by atoms with E-state index >= 15 is 0 Å². The zero-order valence-electron chi connectivity index (χ0n) is 74.3. The van der Waals surface area contributed by atoms with Gasteiger partial charge in [-0.05, 0) is 143 Å². The van der Waals surface area contributed by atoms with Crippen LogP contribution in [0.3, 0.4) is 0 Å². The average Bonchev–Trinajstić information content (AvgIpc) is 1.54. The lowest BCUT2D eigenvalue weighted by Gasteiger charge is -2.14. The first-order valence-corrected chi connectivity index (χ1v) is 46.8. The Labute approximate surface area is 789 Å². The molecule has 9 aromatic heterocycles. The van der Waals surface area contributed by atoms with Crippen LogP contribution in [0.25, 0.3) is 281 Å². The van der Waals surface area contributed by atoms with Crippen LogP contribution in [-0.4, -0.2) is 33.6 Å². The van der Waals surface area contributed by atoms with E-state index < -0.39 is 0 Å². The van der Waals surface area contributed by atoms with E-state index in [1.54, 1.807) is 0 Å². The second-order valence-corrected chi connectivity index (χ2v) is 35.6. The van der Waals surface area contributed by atoms with Crippen LogP contribution in [0.4, 0.5) is 0 Å². The summed E-state index contributed by atoms with van der Waals surface area (Å²) in [6, 6.07) is 164. The Bertz CT molecular complexity index is 9290. The van der Waals surface area contributed by atoms with Crippen LogP contribution in [-0.2, 0) is 0 Å². The number of hydrogen-bond donors (Lipinski definition) is 0. The van der Waals surface area contributed by atoms with Gasteiger partial charge >= 0.3 is 0 Å². The molecule has 30 rings (SSSR count). The maximum absolute atomic E-state index is 6.77. The van der Waals surface area contributed by atoms with Crippen LogP contribution in [0.5, 0.6) is 0 Å². The highest BCUT2D eigenvalue weighted by Gasteiger charge is 2.30. The minimum atomic E-state index is 0.615. The number of hydrogen-bond acceptors (Lipinski definition) is 7. The molecular formula is C128H77N7O3. The van der Waals surface area contributed by atoms with Crippen molar-refractivity contribution in [2.75, 3.05) is 0 Å². The van der Waals surface area contributed by atoms with Gasteiger partial charge in [0, 0.05) is 91.9 Å². The van der Waals surface area contributed by atoms with Gasteiger partial charge in [-0.25, -0.2) is 19.9 Å². The molecule has 0 spiro atoms. The first-order chi connectivity index (χ1) is 68.5. The van der Waals surface area contributed by atoms with Gasteiger partial charge in [0.1, 0.15) is 33.9 Å². The number of rotatable bonds is 9. The van der Waals surface area contributed by atoms with Crippen LogP contribution in [0.1, 0.15) is 0 Å². The van der Waals surface area contributed by atoms with Crippen LogP contribution < -0.4 is 0 Å². The molecule has 10 heteroatoms. The quantitative estimate of drug-likeness (QED) is 0.142. The van der Waals surface area contributed by atoms with Crippen molar-refractivity contribution >= 4 is 196 Å². The molecule has 10 nitrogen and oxygen atoms in total. The molecule has 0 saturated carbocycles. The van der Waals surface area contributed by atoms with E-state index in [9.17, 15) is 0 Å². The monoisotopic (exact) mass is 1760 g/mol. The molecule has 0 radical (unpaired) electrons. The highest BCUT2D eigenvalue weighted by molar-refractivity contribution is 6.38. The van der Waals surface area contributed by atoms with Gasteiger partial charge in [-0.1, -0.05) is 406 Å². The number of pyridine rings is 2. The van der Waals surface area contributed by atoms with Gasteiger partial charge in [0.05, 0.1) is 50.0 Å². The third-order valence-electron chi connectivity index (χ3n) is 28.0. The van der Waals surface area contributed by atoms with Crippen molar-refractivity contribution in [2.45, 2.75) is 0 Å². The van der Waals surface area contributed by atoms with E-state index in [2.05, 4.69) is 444 Å². The Kier molecular flexibility index (Phi) is 17.8. The van der Waals surface area contributed by atoms with Crippen LogP contribution in [0.2, 0.25) is 0 Å². The molecule has 0 amide bonds. The zero-order chi connectivity index (χ0) is 90.6. The molecule has 138 heavy (non-hydrogen) atoms. The fraction of sp³-hybridized carbons (Fsp3) is 0. The van der Waals surface area contributed by atoms with Crippen molar-refractivity contribution in [3.05, 3.63) is 467 Å². The summed E-state index contributed by atoms with van der Waals surface area (Å²) in [4.78, 5) is 21.4. The molecule has 0 fully saturated rings. The lowest BCUT2D eigenvalue weighted by molar-refractivity contribution is 0.670. The Morgan fingerprint density at radius 3 is 0.877 bits per heavy atom. The fourth-order valence-electron chi connectivity index (χ4n) is 21.9. The summed E-state index contributed by atoms with van der Waals surface area (Å²) < 4.78 is 27.1. The SMILES string of the molecule is c1ccc(-c2ccc(-c3cc(-n4c5ccccc5c5c6ccccc6c6c7ccccc7oc6c54)nc4ccccc34)cc2)cc1.c1ccc(-c2ccc(-c3nc(-n4c5ccccc5c5c6ccccc6c6c7ccccc7oc6c54)cc4ccccc34)cc2)cc1.c1ccc(-c2ccc(-c3nc(-n4c5ccccc5c5c6ccccc6c6c7ccccc7oc6c54)nc4ccccc34)cc2)cc1. The van der Waals surface area contributed by atoms with Gasteiger partial charge in [0.25, 0.3) is 0 Å². The molecule has 0 saturated heterocycles. The topological polar surface area (TPSA) is 106 Å². The largest absolute Gasteiger partial charge is 0.454 e. The molecule has 0 atom stereocenters. The average molecular weight is 1760 g/mol. The summed E-state index contributed by atoms with van der Waals surface area (Å²) >= 11 is 0. The van der Waals surface area contributed by atoms with Gasteiger partial charge in [-0.2, -0.15) is 0 Å². The first-order valence-electron chi connectivity index (χ1n) is 46.8. The van der Waals surface area contributed by atoms with Crippen molar-refractivity contribution in [3.8, 4) is 84.6 Å². The van der Waals surface area contributed by atoms with E-state index in [-0.39, 0.29) is 0 Å². The van der Waals surface area contributed by atoms with E-state index in [4.69, 9.17) is 33.2 Å². The number of benzene rings is 21. The molecule has 0 N–H and O–H groups in total. The molecule has 0 aliphatic rings. The minimum Gasteiger partial charge on any atom is -0.454 e. The maximum atomic E-state index is 6.77. The number of nitrogens with zero attached hydrogens (tertiary/aromatic N) is 7. The van der Waals surface area contributed by atoms with Gasteiger partial charge in [0.2, 0.25) is 5.95 Å². The third-order valence-corrected chi connectivity index (χ3v) is 28.0. The number of aromatic nitrogens is 7. The zero-order valence-corrected chi connectivity index (χ0v) is 74.3. The van der Waals surface area contributed by atoms with Crippen molar-refractivity contribution in [3.63, 3.8) is 0 Å². The number of para-hydroxylation sites is 8. The van der Waals surface area contributed by atoms with Gasteiger partial charge in [0.15, 0.2) is 16.7 Å². The van der Waals surface area contributed by atoms with Crippen LogP contribution in [0, 0.1) is 0 Å². The highest BCUT2D eigenvalue weighted by Crippen LogP contribution is 2.52. The molecule has 9 heterocycles. The summed E-state index contributed by atoms with van der Waals surface area (Å²) in [5.74, 6) is 2.34. The lowest BCUT2D eigenvalue weighted by atomic mass is 9.97. The molecule has 30 aromatic rings. The normalized spacial score (nSPS) is 11.9. The maximum Gasteiger partial charge on any atom is 0.235 e. The molecule has 642 valence electrons. The van der Waals surface area contributed by atoms with Crippen molar-refractivity contribution < 1.29 is 13.3 Å². The van der Waals surface area contributed by atoms with Crippen molar-refractivity contribution in [1.29, 1.82) is 0 Å². The molecule has 0 aliphatic heterocycles. The third kappa shape index (κ3) is 12.3. The Hall–Kier alpha value is -18.6. The molecule has 0 bridgehead atoms. The predicted molar refractivity (Wildman–Crippen MR) is 573 cm³/mol. The van der Waals surface area contributed by atoms with Crippen LogP contribution in [0.15, 0.2) is 480 Å². The summed E-state index contributed by atoms with van der Waals surface area (Å²) in [6.45, 7) is 0. The van der Waals surface area contributed by atoms with Gasteiger partial charge in [-0.15, -0.1) is 0 Å². The van der Waals surface area contributed by atoms with E-state index in [1.165, 1.54) is 87.2 Å². The number of furan rings is 3. The molecular weight excluding hydrogens is 1680 g/mol. The standard InChI is InChI=1S/2C43H26N2O.C42H25N3O/c1-2-12-27(13-3-1)28-22-24-29(25-23-28)35-26-39(44-36-19-9-6-14-30(35)36)45-37-20-10-7-17-33(37)40-31-15-4-5-16-32(31)41-34-18-8-11-21-38(34)46-43(41)42(40)45;1-2-12-27(13-3-1)28-22-24-29(25-23-28)41-31-15-5-4-14-30(31)26-38(44-41)45-36-20-10-8-18-34(36)39-32-16-6-7-17-33(32)40-35-19-9-11-21-37(35)46-43(40)42(39)45;1-2-12-26(13-3-1)27-22-24-28(25-23-27)39-31-16-6-9-19-34(31)43-42(44-39)45-35-20-10-7-17-32(35)37-29-14-4-5-15-30(29)38-33-18-8-11-21-36(33)46-41(38)40(37)45/h2*1-26H;1-25H. The second kappa shape index (κ2) is 31.5. The minimum absolute atomic E-state index is 0.615. The summed E-state index contributed by atoms with van der Waals surface area (Å²) in [5, 5.41) is 25.3. The van der Waals surface area contributed by atoms with Crippen molar-refractivity contribution in [2.24, 2.45) is 0 Å². The Balaban J connectivity index is 0.000000102. The second-order valence-electron chi connectivity index (χ2n) is 35.6. The van der Waals surface area contributed by atoms with Crippen LogP contribution >= 0.6 is 0 Å². The molecule has 0 unspecified atom stereocenters. The number of fused-ring (bicyclic) bond motifs is 33. The summed E-state index contributed by atoms with van der Waals surface area (Å²) in [5.41, 5.74) is 26.8. The van der Waals surface area contributed by atoms with E-state index in [1.807, 2.05) is 36.4 Å². The first kappa shape index (κ1) is 78.1.